The van der Waals surface area contributed by atoms with Crippen LogP contribution in [0.25, 0.3) is 0 Å². The smallest absolute Gasteiger partial charge is 0.337 e. The highest BCUT2D eigenvalue weighted by atomic mass is 16.7. The second-order valence-electron chi connectivity index (χ2n) is 5.50. The highest BCUT2D eigenvalue weighted by Crippen LogP contribution is 2.55. The Bertz CT molecular complexity index is 737. The van der Waals surface area contributed by atoms with Gasteiger partial charge in [0.2, 0.25) is 0 Å². The largest absolute Gasteiger partial charge is 0.468 e. The lowest BCUT2D eigenvalue weighted by Gasteiger charge is -2.28. The molecule has 0 radical (unpaired) electrons. The number of fused-ring (bicyclic) bond motifs is 1. The van der Waals surface area contributed by atoms with Crippen LogP contribution in [0, 0.1) is 11.8 Å². The van der Waals surface area contributed by atoms with Gasteiger partial charge in [-0.3, -0.25) is 9.59 Å². The fourth-order valence-corrected chi connectivity index (χ4v) is 3.28. The first-order chi connectivity index (χ1) is 11.5. The Kier molecular flexibility index (Phi) is 3.79. The Morgan fingerprint density at radius 1 is 1.08 bits per heavy atom. The molecule has 2 aliphatic heterocycles. The summed E-state index contributed by atoms with van der Waals surface area (Å²) in [5.41, 5.74) is 0.621. The van der Waals surface area contributed by atoms with Crippen molar-refractivity contribution >= 4 is 17.9 Å². The number of esters is 3. The second-order valence-corrected chi connectivity index (χ2v) is 5.50. The fourth-order valence-electron chi connectivity index (χ4n) is 3.28. The monoisotopic (exact) mass is 332 g/mol. The van der Waals surface area contributed by atoms with Crippen LogP contribution in [-0.2, 0) is 39.1 Å². The van der Waals surface area contributed by atoms with Crippen LogP contribution in [0.4, 0.5) is 0 Å². The molecule has 1 aromatic carbocycles. The zero-order valence-corrected chi connectivity index (χ0v) is 13.4. The van der Waals surface area contributed by atoms with Crippen LogP contribution < -0.4 is 0 Å². The molecule has 7 nitrogen and oxygen atoms in total. The minimum absolute atomic E-state index is 0.0996. The molecule has 1 fully saturated rings. The number of benzene rings is 1. The molecule has 0 spiro atoms. The van der Waals surface area contributed by atoms with E-state index in [2.05, 4.69) is 0 Å². The minimum Gasteiger partial charge on any atom is -0.468 e. The fraction of sp³-hybridized carbons (Fsp3) is 0.353. The van der Waals surface area contributed by atoms with Gasteiger partial charge in [0.05, 0.1) is 19.8 Å². The number of methoxy groups -OCH3 is 2. The maximum atomic E-state index is 12.4. The van der Waals surface area contributed by atoms with E-state index in [0.29, 0.717) is 5.56 Å². The maximum absolute atomic E-state index is 12.4. The number of allylic oxidation sites excluding steroid dienone is 1. The summed E-state index contributed by atoms with van der Waals surface area (Å²) in [4.78, 5) is 36.7. The van der Waals surface area contributed by atoms with Gasteiger partial charge in [-0.1, -0.05) is 30.3 Å². The van der Waals surface area contributed by atoms with Gasteiger partial charge in [-0.25, -0.2) is 4.79 Å². The molecule has 0 aliphatic carbocycles. The number of hydrogen-bond acceptors (Lipinski definition) is 7. The van der Waals surface area contributed by atoms with E-state index >= 15 is 0 Å². The van der Waals surface area contributed by atoms with Crippen molar-refractivity contribution in [3.63, 3.8) is 0 Å². The molecule has 24 heavy (non-hydrogen) atoms. The van der Waals surface area contributed by atoms with Crippen molar-refractivity contribution in [3.05, 3.63) is 47.2 Å². The van der Waals surface area contributed by atoms with Gasteiger partial charge >= 0.3 is 17.9 Å². The lowest BCUT2D eigenvalue weighted by molar-refractivity contribution is -0.203. The Morgan fingerprint density at radius 2 is 1.75 bits per heavy atom. The molecule has 0 amide bonds. The minimum atomic E-state index is -1.58. The Hall–Kier alpha value is -2.83. The lowest BCUT2D eigenvalue weighted by atomic mass is 9.80. The maximum Gasteiger partial charge on any atom is 0.337 e. The van der Waals surface area contributed by atoms with Crippen LogP contribution in [0.2, 0.25) is 0 Å². The molecule has 0 bridgehead atoms. The Balaban J connectivity index is 2.19. The molecule has 0 unspecified atom stereocenters. The molecule has 126 valence electrons. The van der Waals surface area contributed by atoms with E-state index in [-0.39, 0.29) is 11.3 Å². The van der Waals surface area contributed by atoms with Crippen LogP contribution >= 0.6 is 0 Å². The molecular weight excluding hydrogens is 316 g/mol. The first-order valence-corrected chi connectivity index (χ1v) is 7.30. The van der Waals surface area contributed by atoms with Gasteiger partial charge in [0.25, 0.3) is 5.79 Å². The molecule has 1 aromatic rings. The van der Waals surface area contributed by atoms with Crippen molar-refractivity contribution in [3.8, 4) is 0 Å². The Morgan fingerprint density at radius 3 is 2.33 bits per heavy atom. The third kappa shape index (κ3) is 2.08. The second kappa shape index (κ2) is 5.67. The van der Waals surface area contributed by atoms with Crippen LogP contribution in [0.15, 0.2) is 41.7 Å². The summed E-state index contributed by atoms with van der Waals surface area (Å²) in [6.07, 6.45) is 0. The number of carbonyl (C=O) groups is 3. The van der Waals surface area contributed by atoms with Crippen molar-refractivity contribution in [1.82, 2.24) is 0 Å². The van der Waals surface area contributed by atoms with Crippen molar-refractivity contribution in [2.24, 2.45) is 11.8 Å². The number of carbonyl (C=O) groups excluding carboxylic acids is 3. The van der Waals surface area contributed by atoms with Gasteiger partial charge in [0.1, 0.15) is 11.7 Å². The van der Waals surface area contributed by atoms with E-state index in [0.717, 1.165) is 0 Å². The standard InChI is InChI=1S/C17H16O7/c1-9-11(14(18)21-2)13-12(15(19)22-3)16(20)24-17(13,23-9)10-7-5-4-6-8-10/h4-8,12-13H,1-3H3/t12-,13+,17-/m1/s1. The van der Waals surface area contributed by atoms with E-state index in [1.807, 2.05) is 0 Å². The third-order valence-corrected chi connectivity index (χ3v) is 4.28. The van der Waals surface area contributed by atoms with E-state index < -0.39 is 35.5 Å². The average molecular weight is 332 g/mol. The molecule has 0 N–H and O–H groups in total. The summed E-state index contributed by atoms with van der Waals surface area (Å²) in [7, 11) is 2.39. The van der Waals surface area contributed by atoms with Crippen LogP contribution in [0.5, 0.6) is 0 Å². The van der Waals surface area contributed by atoms with Crippen LogP contribution in [0.3, 0.4) is 0 Å². The predicted octanol–water partition coefficient (Wildman–Crippen LogP) is 1.28. The number of rotatable bonds is 3. The van der Waals surface area contributed by atoms with Gasteiger partial charge in [0.15, 0.2) is 5.92 Å². The van der Waals surface area contributed by atoms with E-state index in [9.17, 15) is 14.4 Å². The number of hydrogen-bond donors (Lipinski definition) is 0. The van der Waals surface area contributed by atoms with Gasteiger partial charge in [-0.05, 0) is 6.92 Å². The molecule has 2 heterocycles. The highest BCUT2D eigenvalue weighted by Gasteiger charge is 2.68. The molecule has 1 saturated heterocycles. The summed E-state index contributed by atoms with van der Waals surface area (Å²) in [6, 6.07) is 8.69. The zero-order valence-electron chi connectivity index (χ0n) is 13.4. The summed E-state index contributed by atoms with van der Waals surface area (Å²) in [6.45, 7) is 1.57. The quantitative estimate of drug-likeness (QED) is 0.468. The summed E-state index contributed by atoms with van der Waals surface area (Å²) in [5.74, 6) is -5.88. The molecular formula is C17H16O7. The first-order valence-electron chi connectivity index (χ1n) is 7.30. The molecule has 0 saturated carbocycles. The van der Waals surface area contributed by atoms with Crippen molar-refractivity contribution < 1.29 is 33.3 Å². The van der Waals surface area contributed by atoms with E-state index in [1.54, 1.807) is 37.3 Å². The SMILES string of the molecule is COC(=O)C1=C(C)O[C@]2(c3ccccc3)OC(=O)[C@@H](C(=O)OC)[C@H]12. The first kappa shape index (κ1) is 16.0. The normalized spacial score (nSPS) is 28.0. The van der Waals surface area contributed by atoms with Crippen LogP contribution in [-0.4, -0.2) is 32.1 Å². The predicted molar refractivity (Wildman–Crippen MR) is 79.0 cm³/mol. The van der Waals surface area contributed by atoms with Gasteiger partial charge in [0, 0.05) is 5.56 Å². The van der Waals surface area contributed by atoms with Crippen molar-refractivity contribution in [2.45, 2.75) is 12.7 Å². The molecule has 3 atom stereocenters. The Labute approximate surface area is 138 Å². The molecule has 0 aromatic heterocycles. The summed E-state index contributed by atoms with van der Waals surface area (Å²) in [5, 5.41) is 0. The summed E-state index contributed by atoms with van der Waals surface area (Å²) >= 11 is 0. The lowest BCUT2D eigenvalue weighted by Crippen LogP contribution is -2.36. The van der Waals surface area contributed by atoms with E-state index in [1.165, 1.54) is 14.2 Å². The summed E-state index contributed by atoms with van der Waals surface area (Å²) < 4.78 is 20.8. The number of ether oxygens (including phenoxy) is 4. The van der Waals surface area contributed by atoms with Crippen molar-refractivity contribution in [2.75, 3.05) is 14.2 Å². The van der Waals surface area contributed by atoms with Crippen LogP contribution in [0.1, 0.15) is 12.5 Å². The van der Waals surface area contributed by atoms with Gasteiger partial charge in [-0.2, -0.15) is 0 Å². The average Bonchev–Trinajstić information content (AvgIpc) is 3.03. The van der Waals surface area contributed by atoms with Gasteiger partial charge in [-0.15, -0.1) is 0 Å². The molecule has 3 rings (SSSR count). The molecule has 2 aliphatic rings. The van der Waals surface area contributed by atoms with E-state index in [4.69, 9.17) is 18.9 Å². The molecule has 7 heteroatoms. The van der Waals surface area contributed by atoms with Crippen molar-refractivity contribution in [1.29, 1.82) is 0 Å². The topological polar surface area (TPSA) is 88.1 Å². The zero-order chi connectivity index (χ0) is 17.5. The van der Waals surface area contributed by atoms with Gasteiger partial charge < -0.3 is 18.9 Å². The highest BCUT2D eigenvalue weighted by molar-refractivity contribution is 6.01. The third-order valence-electron chi connectivity index (χ3n) is 4.28.